The highest BCUT2D eigenvalue weighted by Gasteiger charge is 2.40. The third-order valence-electron chi connectivity index (χ3n) is 6.45. The fourth-order valence-corrected chi connectivity index (χ4v) is 4.18. The van der Waals surface area contributed by atoms with Crippen molar-refractivity contribution < 1.29 is 33.9 Å². The van der Waals surface area contributed by atoms with Gasteiger partial charge in [-0.05, 0) is 44.4 Å². The minimum Gasteiger partial charge on any atom is -0.508 e. The lowest BCUT2D eigenvalue weighted by Gasteiger charge is -2.43. The quantitative estimate of drug-likeness (QED) is 0.138. The zero-order valence-corrected chi connectivity index (χ0v) is 23.7. The molecule has 1 heterocycles. The molecular weight excluding hydrogens is 516 g/mol. The van der Waals surface area contributed by atoms with Crippen molar-refractivity contribution in [3.05, 3.63) is 54.1 Å². The van der Waals surface area contributed by atoms with Gasteiger partial charge in [-0.3, -0.25) is 19.2 Å². The van der Waals surface area contributed by atoms with Crippen LogP contribution in [0.1, 0.15) is 52.0 Å². The van der Waals surface area contributed by atoms with Crippen molar-refractivity contribution in [2.45, 2.75) is 65.1 Å². The van der Waals surface area contributed by atoms with Crippen LogP contribution in [0.25, 0.3) is 0 Å². The number of allylic oxidation sites excluding steroid dienone is 2. The minimum atomic E-state index is -1.00. The Labute approximate surface area is 236 Å². The Morgan fingerprint density at radius 2 is 2.00 bits per heavy atom. The van der Waals surface area contributed by atoms with E-state index in [9.17, 15) is 24.3 Å². The van der Waals surface area contributed by atoms with E-state index in [0.717, 1.165) is 29.0 Å². The number of ether oxygens (including phenoxy) is 1. The number of phenolic OH excluding ortho intramolecular Hbond substituents is 1. The van der Waals surface area contributed by atoms with Crippen LogP contribution in [0.2, 0.25) is 0 Å². The van der Waals surface area contributed by atoms with Gasteiger partial charge in [0.25, 0.3) is 0 Å². The van der Waals surface area contributed by atoms with E-state index in [4.69, 9.17) is 9.57 Å². The predicted molar refractivity (Wildman–Crippen MR) is 150 cm³/mol. The van der Waals surface area contributed by atoms with Crippen LogP contribution in [0, 0.1) is 0 Å². The first-order valence-corrected chi connectivity index (χ1v) is 13.7. The van der Waals surface area contributed by atoms with Crippen LogP contribution in [-0.2, 0) is 30.4 Å². The molecule has 1 fully saturated rings. The number of hydrogen-bond acceptors (Lipinski definition) is 7. The summed E-state index contributed by atoms with van der Waals surface area (Å²) in [6.07, 6.45) is 5.31. The number of aromatic hydroxyl groups is 1. The maximum atomic E-state index is 13.2. The van der Waals surface area contributed by atoms with Crippen LogP contribution < -0.4 is 5.32 Å². The summed E-state index contributed by atoms with van der Waals surface area (Å²) in [6.45, 7) is 9.28. The highest BCUT2D eigenvalue weighted by atomic mass is 16.7. The number of nitrogens with zero attached hydrogens (tertiary/aromatic N) is 3. The molecule has 11 heteroatoms. The van der Waals surface area contributed by atoms with Crippen LogP contribution >= 0.6 is 0 Å². The second-order valence-corrected chi connectivity index (χ2v) is 9.63. The molecule has 220 valence electrons. The first-order chi connectivity index (χ1) is 19.2. The fraction of sp³-hybridized carbons (Fsp3) is 0.517. The van der Waals surface area contributed by atoms with Crippen molar-refractivity contribution >= 4 is 24.3 Å². The molecule has 1 saturated heterocycles. The molecule has 11 nitrogen and oxygen atoms in total. The zero-order valence-electron chi connectivity index (χ0n) is 23.7. The average Bonchev–Trinajstić information content (AvgIpc) is 2.94. The zero-order chi connectivity index (χ0) is 29.5. The number of rotatable bonds is 16. The molecular formula is C29H42N4O7. The van der Waals surface area contributed by atoms with E-state index in [1.165, 1.54) is 9.80 Å². The first kappa shape index (κ1) is 32.4. The van der Waals surface area contributed by atoms with Gasteiger partial charge in [-0.15, -0.1) is 0 Å². The third-order valence-corrected chi connectivity index (χ3v) is 6.45. The number of piperazine rings is 1. The molecule has 0 radical (unpaired) electrons. The summed E-state index contributed by atoms with van der Waals surface area (Å²) >= 11 is 0. The number of amides is 4. The molecule has 40 heavy (non-hydrogen) atoms. The summed E-state index contributed by atoms with van der Waals surface area (Å²) in [4.78, 5) is 59.0. The minimum absolute atomic E-state index is 0.131. The average molecular weight is 559 g/mol. The normalized spacial score (nSPS) is 16.3. The molecule has 2 atom stereocenters. The summed E-state index contributed by atoms with van der Waals surface area (Å²) in [7, 11) is 0. The number of unbranched alkanes of at least 4 members (excludes halogenated alkanes) is 2. The lowest BCUT2D eigenvalue weighted by atomic mass is 10.1. The smallest absolute Gasteiger partial charge is 0.436 e. The Hall–Kier alpha value is -3.86. The van der Waals surface area contributed by atoms with Gasteiger partial charge in [0.2, 0.25) is 18.2 Å². The van der Waals surface area contributed by atoms with Gasteiger partial charge in [0, 0.05) is 13.0 Å². The Morgan fingerprint density at radius 1 is 1.27 bits per heavy atom. The van der Waals surface area contributed by atoms with Crippen LogP contribution in [0.4, 0.5) is 4.79 Å². The number of carbonyl (C=O) groups excluding carboxylic acids is 4. The van der Waals surface area contributed by atoms with E-state index < -0.39 is 24.3 Å². The van der Waals surface area contributed by atoms with Crippen molar-refractivity contribution in [2.24, 2.45) is 0 Å². The molecule has 0 aliphatic carbocycles. The Kier molecular flexibility index (Phi) is 13.7. The van der Waals surface area contributed by atoms with Crippen LogP contribution in [0.15, 0.2) is 48.6 Å². The van der Waals surface area contributed by atoms with Crippen molar-refractivity contribution in [3.8, 4) is 5.75 Å². The maximum Gasteiger partial charge on any atom is 0.436 e. The predicted octanol–water partition coefficient (Wildman–Crippen LogP) is 3.15. The maximum absolute atomic E-state index is 13.2. The van der Waals surface area contributed by atoms with Gasteiger partial charge in [-0.2, -0.15) is 5.06 Å². The fourth-order valence-electron chi connectivity index (χ4n) is 4.18. The van der Waals surface area contributed by atoms with Crippen LogP contribution in [0.5, 0.6) is 5.75 Å². The SMILES string of the molecule is C=C/C(=C\C)CCNC(=O)CN1CC(N(OC(C)Cc2ccc(O)cc2)C(=O)OCCCCC)N(C=O)CC1=O. The van der Waals surface area contributed by atoms with E-state index in [0.29, 0.717) is 32.2 Å². The van der Waals surface area contributed by atoms with Crippen molar-refractivity contribution in [3.63, 3.8) is 0 Å². The largest absolute Gasteiger partial charge is 0.508 e. The molecule has 0 aromatic heterocycles. The summed E-state index contributed by atoms with van der Waals surface area (Å²) in [6, 6.07) is 6.60. The Bertz CT molecular complexity index is 1030. The van der Waals surface area contributed by atoms with Gasteiger partial charge in [0.05, 0.1) is 25.8 Å². The van der Waals surface area contributed by atoms with Gasteiger partial charge >= 0.3 is 6.09 Å². The number of hydroxylamine groups is 2. The number of carbonyl (C=O) groups is 4. The van der Waals surface area contributed by atoms with E-state index >= 15 is 0 Å². The topological polar surface area (TPSA) is 129 Å². The molecule has 1 aliphatic rings. The Morgan fingerprint density at radius 3 is 2.62 bits per heavy atom. The molecule has 1 aromatic rings. The summed E-state index contributed by atoms with van der Waals surface area (Å²) in [5.41, 5.74) is 1.85. The molecule has 4 amide bonds. The lowest BCUT2D eigenvalue weighted by molar-refractivity contribution is -0.225. The van der Waals surface area contributed by atoms with Crippen molar-refractivity contribution in [1.82, 2.24) is 20.2 Å². The van der Waals surface area contributed by atoms with Crippen molar-refractivity contribution in [2.75, 3.05) is 32.8 Å². The first-order valence-electron chi connectivity index (χ1n) is 13.7. The molecule has 2 unspecified atom stereocenters. The van der Waals surface area contributed by atoms with Gasteiger partial charge in [0.1, 0.15) is 12.3 Å². The van der Waals surface area contributed by atoms with E-state index in [1.807, 2.05) is 19.9 Å². The molecule has 2 N–H and O–H groups in total. The highest BCUT2D eigenvalue weighted by molar-refractivity contribution is 5.87. The van der Waals surface area contributed by atoms with E-state index in [-0.39, 0.29) is 37.9 Å². The molecule has 1 aromatic carbocycles. The summed E-state index contributed by atoms with van der Waals surface area (Å²) < 4.78 is 5.45. The molecule has 1 aliphatic heterocycles. The second-order valence-electron chi connectivity index (χ2n) is 9.63. The third kappa shape index (κ3) is 10.4. The number of benzene rings is 1. The Balaban J connectivity index is 2.16. The second kappa shape index (κ2) is 17.0. The monoisotopic (exact) mass is 558 g/mol. The molecule has 2 rings (SSSR count). The molecule has 0 bridgehead atoms. The summed E-state index contributed by atoms with van der Waals surface area (Å²) in [5.74, 6) is -0.649. The number of phenols is 1. The van der Waals surface area contributed by atoms with Crippen LogP contribution in [-0.4, -0.2) is 89.3 Å². The molecule has 0 spiro atoms. The van der Waals surface area contributed by atoms with Gasteiger partial charge in [-0.1, -0.05) is 56.2 Å². The standard InChI is InChI=1S/C29H42N4O7/c1-5-8-9-16-39-29(38)33(40-22(4)17-24-10-12-25(35)13-11-24)27-19-31(28(37)20-32(27)21-34)18-26(36)30-15-14-23(6-2)7-3/h6-7,10-13,21-22,27,35H,2,5,8-9,14-20H2,1,3-4H3,(H,30,36)/b23-7+. The highest BCUT2D eigenvalue weighted by Crippen LogP contribution is 2.19. The number of nitrogens with one attached hydrogen (secondary N) is 1. The molecule has 0 saturated carbocycles. The van der Waals surface area contributed by atoms with Gasteiger partial charge < -0.3 is 25.0 Å². The summed E-state index contributed by atoms with van der Waals surface area (Å²) in [5, 5.41) is 13.3. The van der Waals surface area contributed by atoms with E-state index in [2.05, 4.69) is 11.9 Å². The van der Waals surface area contributed by atoms with Crippen molar-refractivity contribution in [1.29, 1.82) is 0 Å². The van der Waals surface area contributed by atoms with Gasteiger partial charge in [-0.25, -0.2) is 4.79 Å². The van der Waals surface area contributed by atoms with E-state index in [1.54, 1.807) is 37.3 Å². The number of hydrogen-bond donors (Lipinski definition) is 2. The lowest BCUT2D eigenvalue weighted by Crippen LogP contribution is -2.64. The van der Waals surface area contributed by atoms with Gasteiger partial charge in [0.15, 0.2) is 6.17 Å². The van der Waals surface area contributed by atoms with Crippen LogP contribution in [0.3, 0.4) is 0 Å².